The van der Waals surface area contributed by atoms with Crippen LogP contribution in [0.4, 0.5) is 0 Å². The number of nitrogens with zero attached hydrogens (tertiary/aromatic N) is 1. The summed E-state index contributed by atoms with van der Waals surface area (Å²) >= 11 is 0. The molecule has 0 saturated heterocycles. The van der Waals surface area contributed by atoms with Crippen LogP contribution >= 0.6 is 0 Å². The number of hydrogen-bond acceptors (Lipinski definition) is 2. The average Bonchev–Trinajstić information content (AvgIpc) is 2.43. The predicted molar refractivity (Wildman–Crippen MR) is 81.3 cm³/mol. The largest absolute Gasteiger partial charge is 0.316 e. The Morgan fingerprint density at radius 2 is 1.74 bits per heavy atom. The fraction of sp³-hybridized carbons (Fsp3) is 0.706. The van der Waals surface area contributed by atoms with E-state index in [1.807, 2.05) is 12.4 Å². The van der Waals surface area contributed by atoms with E-state index in [2.05, 4.69) is 43.2 Å². The molecule has 0 radical (unpaired) electrons. The average molecular weight is 260 g/mol. The van der Waals surface area contributed by atoms with Gasteiger partial charge in [0, 0.05) is 24.4 Å². The molecule has 0 unspecified atom stereocenters. The molecule has 1 N–H and O–H groups in total. The van der Waals surface area contributed by atoms with Crippen LogP contribution in [0, 0.1) is 5.41 Å². The van der Waals surface area contributed by atoms with Gasteiger partial charge in [-0.15, -0.1) is 0 Å². The van der Waals surface area contributed by atoms with Crippen molar-refractivity contribution in [2.24, 2.45) is 5.41 Å². The predicted octanol–water partition coefficient (Wildman–Crippen LogP) is 3.92. The van der Waals surface area contributed by atoms with Gasteiger partial charge in [0.15, 0.2) is 0 Å². The lowest BCUT2D eigenvalue weighted by molar-refractivity contribution is 0.0130. The Morgan fingerprint density at radius 1 is 1.11 bits per heavy atom. The zero-order valence-corrected chi connectivity index (χ0v) is 12.7. The Kier molecular flexibility index (Phi) is 4.62. The molecule has 0 amide bonds. The van der Waals surface area contributed by atoms with Gasteiger partial charge in [-0.25, -0.2) is 0 Å². The summed E-state index contributed by atoms with van der Waals surface area (Å²) in [5, 5.41) is 3.64. The SMILES string of the molecule is CCCNCC1(c2ccncc2)CC(CC)(CC)C1. The highest BCUT2D eigenvalue weighted by Crippen LogP contribution is 2.58. The van der Waals surface area contributed by atoms with Gasteiger partial charge in [0.25, 0.3) is 0 Å². The van der Waals surface area contributed by atoms with E-state index in [1.54, 1.807) is 0 Å². The van der Waals surface area contributed by atoms with Gasteiger partial charge < -0.3 is 5.32 Å². The highest BCUT2D eigenvalue weighted by molar-refractivity contribution is 5.29. The minimum absolute atomic E-state index is 0.351. The molecule has 0 atom stereocenters. The summed E-state index contributed by atoms with van der Waals surface area (Å²) in [6.07, 6.45) is 10.4. The highest BCUT2D eigenvalue weighted by Gasteiger charge is 2.52. The number of nitrogens with one attached hydrogen (secondary N) is 1. The van der Waals surface area contributed by atoms with Crippen LogP contribution in [0.2, 0.25) is 0 Å². The van der Waals surface area contributed by atoms with Crippen LogP contribution in [0.3, 0.4) is 0 Å². The fourth-order valence-electron chi connectivity index (χ4n) is 3.77. The molecule has 0 aromatic carbocycles. The Morgan fingerprint density at radius 3 is 2.26 bits per heavy atom. The monoisotopic (exact) mass is 260 g/mol. The summed E-state index contributed by atoms with van der Waals surface area (Å²) in [7, 11) is 0. The van der Waals surface area contributed by atoms with Crippen LogP contribution in [0.1, 0.15) is 58.4 Å². The minimum atomic E-state index is 0.351. The van der Waals surface area contributed by atoms with Crippen LogP contribution in [0.25, 0.3) is 0 Å². The van der Waals surface area contributed by atoms with Crippen molar-refractivity contribution in [1.82, 2.24) is 10.3 Å². The standard InChI is InChI=1S/C17H28N2/c1-4-9-19-14-17(15-7-10-18-11-8-15)12-16(5-2,6-3)13-17/h7-8,10-11,19H,4-6,9,12-14H2,1-3H3. The van der Waals surface area contributed by atoms with Crippen LogP contribution in [0.5, 0.6) is 0 Å². The molecule has 1 aliphatic rings. The van der Waals surface area contributed by atoms with Crippen molar-refractivity contribution in [1.29, 1.82) is 0 Å². The normalized spacial score (nSPS) is 19.9. The zero-order chi connectivity index (χ0) is 13.8. The van der Waals surface area contributed by atoms with Crippen LogP contribution in [-0.2, 0) is 5.41 Å². The summed E-state index contributed by atoms with van der Waals surface area (Å²) in [6.45, 7) is 9.17. The number of hydrogen-bond donors (Lipinski definition) is 1. The van der Waals surface area contributed by atoms with Crippen molar-refractivity contribution in [2.75, 3.05) is 13.1 Å². The number of aromatic nitrogens is 1. The van der Waals surface area contributed by atoms with Gasteiger partial charge in [-0.2, -0.15) is 0 Å². The van der Waals surface area contributed by atoms with E-state index in [0.717, 1.165) is 13.1 Å². The molecule has 2 rings (SSSR count). The molecule has 1 aromatic heterocycles. The summed E-state index contributed by atoms with van der Waals surface area (Å²) in [6, 6.07) is 4.42. The zero-order valence-electron chi connectivity index (χ0n) is 12.7. The molecule has 106 valence electrons. The molecule has 2 nitrogen and oxygen atoms in total. The molecule has 1 aromatic rings. The maximum Gasteiger partial charge on any atom is 0.0270 e. The Bertz CT molecular complexity index is 374. The molecule has 0 bridgehead atoms. The van der Waals surface area contributed by atoms with E-state index in [-0.39, 0.29) is 0 Å². The van der Waals surface area contributed by atoms with E-state index >= 15 is 0 Å². The van der Waals surface area contributed by atoms with Crippen molar-refractivity contribution < 1.29 is 0 Å². The third-order valence-electron chi connectivity index (χ3n) is 5.11. The smallest absolute Gasteiger partial charge is 0.0270 e. The first-order valence-corrected chi connectivity index (χ1v) is 7.81. The van der Waals surface area contributed by atoms with Crippen molar-refractivity contribution in [2.45, 2.75) is 58.3 Å². The van der Waals surface area contributed by atoms with Crippen molar-refractivity contribution >= 4 is 0 Å². The third-order valence-corrected chi connectivity index (χ3v) is 5.11. The maximum absolute atomic E-state index is 4.17. The summed E-state index contributed by atoms with van der Waals surface area (Å²) in [5.74, 6) is 0. The third kappa shape index (κ3) is 2.84. The van der Waals surface area contributed by atoms with Crippen molar-refractivity contribution in [3.63, 3.8) is 0 Å². The van der Waals surface area contributed by atoms with E-state index in [4.69, 9.17) is 0 Å². The molecule has 1 heterocycles. The Hall–Kier alpha value is -0.890. The number of rotatable bonds is 7. The molecular formula is C17H28N2. The van der Waals surface area contributed by atoms with E-state index in [0.29, 0.717) is 10.8 Å². The molecule has 0 spiro atoms. The first-order valence-electron chi connectivity index (χ1n) is 7.81. The molecule has 0 aliphatic heterocycles. The van der Waals surface area contributed by atoms with Crippen LogP contribution in [-0.4, -0.2) is 18.1 Å². The van der Waals surface area contributed by atoms with E-state index in [9.17, 15) is 0 Å². The van der Waals surface area contributed by atoms with E-state index < -0.39 is 0 Å². The molecular weight excluding hydrogens is 232 g/mol. The van der Waals surface area contributed by atoms with Crippen molar-refractivity contribution in [3.8, 4) is 0 Å². The van der Waals surface area contributed by atoms with Crippen molar-refractivity contribution in [3.05, 3.63) is 30.1 Å². The summed E-state index contributed by atoms with van der Waals surface area (Å²) in [4.78, 5) is 4.17. The molecule has 19 heavy (non-hydrogen) atoms. The van der Waals surface area contributed by atoms with Gasteiger partial charge in [0.2, 0.25) is 0 Å². The fourth-order valence-corrected chi connectivity index (χ4v) is 3.77. The van der Waals surface area contributed by atoms with Gasteiger partial charge in [0.1, 0.15) is 0 Å². The highest BCUT2D eigenvalue weighted by atomic mass is 14.9. The molecule has 1 fully saturated rings. The second kappa shape index (κ2) is 6.04. The second-order valence-corrected chi connectivity index (χ2v) is 6.25. The quantitative estimate of drug-likeness (QED) is 0.752. The maximum atomic E-state index is 4.17. The van der Waals surface area contributed by atoms with Gasteiger partial charge in [-0.3, -0.25) is 4.98 Å². The lowest BCUT2D eigenvalue weighted by Gasteiger charge is -2.57. The van der Waals surface area contributed by atoms with Crippen LogP contribution < -0.4 is 5.32 Å². The second-order valence-electron chi connectivity index (χ2n) is 6.25. The lowest BCUT2D eigenvalue weighted by Crippen LogP contribution is -2.54. The topological polar surface area (TPSA) is 24.9 Å². The van der Waals surface area contributed by atoms with Crippen LogP contribution in [0.15, 0.2) is 24.5 Å². The minimum Gasteiger partial charge on any atom is -0.316 e. The van der Waals surface area contributed by atoms with Gasteiger partial charge in [-0.1, -0.05) is 33.6 Å². The molecule has 1 saturated carbocycles. The molecule has 2 heteroatoms. The lowest BCUT2D eigenvalue weighted by atomic mass is 9.48. The molecule has 1 aliphatic carbocycles. The Labute approximate surface area is 118 Å². The summed E-state index contributed by atoms with van der Waals surface area (Å²) < 4.78 is 0. The van der Waals surface area contributed by atoms with E-state index in [1.165, 1.54) is 37.7 Å². The Balaban J connectivity index is 2.13. The first-order chi connectivity index (χ1) is 9.20. The summed E-state index contributed by atoms with van der Waals surface area (Å²) in [5.41, 5.74) is 2.41. The number of pyridine rings is 1. The van der Waals surface area contributed by atoms with Gasteiger partial charge in [0.05, 0.1) is 0 Å². The first kappa shape index (κ1) is 14.5. The van der Waals surface area contributed by atoms with Gasteiger partial charge in [-0.05, 0) is 48.9 Å². The van der Waals surface area contributed by atoms with Gasteiger partial charge >= 0.3 is 0 Å².